The second-order valence-electron chi connectivity index (χ2n) is 5.69. The van der Waals surface area contributed by atoms with Crippen molar-refractivity contribution in [2.75, 3.05) is 19.1 Å². The van der Waals surface area contributed by atoms with Crippen LogP contribution in [0.25, 0.3) is 5.69 Å². The van der Waals surface area contributed by atoms with Crippen molar-refractivity contribution in [3.63, 3.8) is 0 Å². The van der Waals surface area contributed by atoms with Gasteiger partial charge in [-0.25, -0.2) is 14.4 Å². The number of aromatic nitrogens is 4. The largest absolute Gasteiger partial charge is 0.496 e. The first-order chi connectivity index (χ1) is 13.8. The van der Waals surface area contributed by atoms with Crippen molar-refractivity contribution < 1.29 is 19.4 Å². The van der Waals surface area contributed by atoms with Gasteiger partial charge in [0.2, 0.25) is 0 Å². The van der Waals surface area contributed by atoms with Crippen LogP contribution < -0.4 is 15.3 Å². The summed E-state index contributed by atoms with van der Waals surface area (Å²) in [6.45, 7) is 0. The molecule has 1 aromatic heterocycles. The molecule has 0 saturated carbocycles. The summed E-state index contributed by atoms with van der Waals surface area (Å²) >= 11 is 12.2. The third kappa shape index (κ3) is 3.67. The van der Waals surface area contributed by atoms with Gasteiger partial charge in [0.1, 0.15) is 17.0 Å². The smallest absolute Gasteiger partial charge is 0.377 e. The highest BCUT2D eigenvalue weighted by molar-refractivity contribution is 6.37. The molecule has 3 rings (SSSR count). The van der Waals surface area contributed by atoms with Gasteiger partial charge in [-0.3, -0.25) is 4.90 Å². The topological polar surface area (TPSA) is 120 Å². The van der Waals surface area contributed by atoms with Crippen molar-refractivity contribution in [1.82, 2.24) is 19.8 Å². The highest BCUT2D eigenvalue weighted by atomic mass is 35.5. The summed E-state index contributed by atoms with van der Waals surface area (Å²) in [5, 5.41) is 16.7. The first-order valence-corrected chi connectivity index (χ1v) is 8.70. The lowest BCUT2D eigenvalue weighted by molar-refractivity contribution is 0.0693. The van der Waals surface area contributed by atoms with E-state index in [2.05, 4.69) is 10.4 Å². The Morgan fingerprint density at radius 3 is 2.38 bits per heavy atom. The quantitative estimate of drug-likeness (QED) is 0.622. The Morgan fingerprint density at radius 1 is 1.14 bits per heavy atom. The molecule has 150 valence electrons. The number of carboxylic acid groups (broad SMARTS) is 1. The maximum atomic E-state index is 12.7. The number of amides is 1. The molecule has 1 amide bonds. The lowest BCUT2D eigenvalue weighted by Gasteiger charge is -2.17. The third-order valence-corrected chi connectivity index (χ3v) is 4.61. The summed E-state index contributed by atoms with van der Waals surface area (Å²) in [4.78, 5) is 37.7. The van der Waals surface area contributed by atoms with E-state index in [0.717, 1.165) is 9.58 Å². The minimum absolute atomic E-state index is 0.0495. The number of methoxy groups -OCH3 is 1. The maximum Gasteiger partial charge on any atom is 0.377 e. The number of benzene rings is 2. The summed E-state index contributed by atoms with van der Waals surface area (Å²) in [6.07, 6.45) is 0. The molecule has 2 aromatic carbocycles. The molecule has 0 fully saturated rings. The Balaban J connectivity index is 1.99. The number of hydrogen-bond acceptors (Lipinski definition) is 6. The number of tetrazole rings is 1. The molecule has 12 heteroatoms. The Morgan fingerprint density at radius 2 is 1.79 bits per heavy atom. The van der Waals surface area contributed by atoms with Crippen LogP contribution in [0.3, 0.4) is 0 Å². The Bertz CT molecular complexity index is 1150. The van der Waals surface area contributed by atoms with Gasteiger partial charge in [0.05, 0.1) is 17.2 Å². The summed E-state index contributed by atoms with van der Waals surface area (Å²) in [5.74, 6) is -1.13. The molecule has 29 heavy (non-hydrogen) atoms. The van der Waals surface area contributed by atoms with Gasteiger partial charge in [-0.15, -0.1) is 4.68 Å². The number of carboxylic acids is 1. The Kier molecular flexibility index (Phi) is 5.57. The fourth-order valence-corrected chi connectivity index (χ4v) is 3.07. The molecule has 0 radical (unpaired) electrons. The first-order valence-electron chi connectivity index (χ1n) is 7.95. The van der Waals surface area contributed by atoms with Crippen LogP contribution in [0.1, 0.15) is 10.4 Å². The molecule has 10 nitrogen and oxygen atoms in total. The number of carbonyl (C=O) groups excluding carboxylic acids is 1. The van der Waals surface area contributed by atoms with Crippen LogP contribution in [0.15, 0.2) is 41.2 Å². The Hall–Kier alpha value is -3.37. The van der Waals surface area contributed by atoms with E-state index in [4.69, 9.17) is 33.0 Å². The molecule has 0 saturated heterocycles. The summed E-state index contributed by atoms with van der Waals surface area (Å²) in [6, 6.07) is 7.80. The lowest BCUT2D eigenvalue weighted by atomic mass is 10.1. The molecule has 0 aliphatic carbocycles. The molecule has 0 unspecified atom stereocenters. The van der Waals surface area contributed by atoms with E-state index < -0.39 is 17.7 Å². The minimum Gasteiger partial charge on any atom is -0.496 e. The summed E-state index contributed by atoms with van der Waals surface area (Å²) in [7, 11) is 2.68. The van der Waals surface area contributed by atoms with E-state index in [1.807, 2.05) is 0 Å². The van der Waals surface area contributed by atoms with Gasteiger partial charge in [-0.1, -0.05) is 29.3 Å². The van der Waals surface area contributed by atoms with E-state index in [-0.39, 0.29) is 32.7 Å². The van der Waals surface area contributed by atoms with Crippen molar-refractivity contribution in [2.45, 2.75) is 0 Å². The molecular weight excluding hydrogens is 425 g/mol. The highest BCUT2D eigenvalue weighted by Crippen LogP contribution is 2.27. The molecule has 1 N–H and O–H groups in total. The van der Waals surface area contributed by atoms with Crippen molar-refractivity contribution in [3.8, 4) is 11.4 Å². The van der Waals surface area contributed by atoms with Gasteiger partial charge in [0, 0.05) is 18.8 Å². The number of anilines is 1. The van der Waals surface area contributed by atoms with Crippen LogP contribution in [-0.2, 0) is 0 Å². The van der Waals surface area contributed by atoms with Gasteiger partial charge in [-0.2, -0.15) is 4.68 Å². The zero-order valence-corrected chi connectivity index (χ0v) is 16.5. The first kappa shape index (κ1) is 20.4. The number of halogens is 2. The molecule has 1 heterocycles. The highest BCUT2D eigenvalue weighted by Gasteiger charge is 2.23. The SMILES string of the molecule is COc1cc(N(C)C(=O)n2nnn(-c3c(Cl)cccc3Cl)c2=O)ccc1C(=O)O. The zero-order chi connectivity index (χ0) is 21.3. The third-order valence-electron chi connectivity index (χ3n) is 4.00. The van der Waals surface area contributed by atoms with Crippen molar-refractivity contribution >= 4 is 40.9 Å². The summed E-state index contributed by atoms with van der Waals surface area (Å²) < 4.78 is 6.38. The normalized spacial score (nSPS) is 10.6. The maximum absolute atomic E-state index is 12.7. The van der Waals surface area contributed by atoms with Crippen LogP contribution in [-0.4, -0.2) is 51.1 Å². The minimum atomic E-state index is -1.18. The van der Waals surface area contributed by atoms with E-state index >= 15 is 0 Å². The lowest BCUT2D eigenvalue weighted by Crippen LogP contribution is -2.39. The van der Waals surface area contributed by atoms with Crippen molar-refractivity contribution in [3.05, 3.63) is 62.5 Å². The van der Waals surface area contributed by atoms with Crippen LogP contribution in [0.5, 0.6) is 5.75 Å². The van der Waals surface area contributed by atoms with Crippen LogP contribution in [0, 0.1) is 0 Å². The molecular formula is C17H13Cl2N5O5. The van der Waals surface area contributed by atoms with Gasteiger partial charge in [0.15, 0.2) is 0 Å². The van der Waals surface area contributed by atoms with E-state index in [1.54, 1.807) is 6.07 Å². The van der Waals surface area contributed by atoms with Crippen molar-refractivity contribution in [1.29, 1.82) is 0 Å². The molecule has 0 aliphatic heterocycles. The molecule has 3 aromatic rings. The number of nitrogens with zero attached hydrogens (tertiary/aromatic N) is 5. The predicted octanol–water partition coefficient (Wildman–Crippen LogP) is 2.55. The molecule has 0 atom stereocenters. The number of aromatic carboxylic acids is 1. The Labute approximate surface area is 173 Å². The standard InChI is InChI=1S/C17H13Cl2N5O5/c1-22(9-6-7-10(15(25)26)13(8-9)29-2)16(27)24-17(28)23(20-21-24)14-11(18)4-3-5-12(14)19/h3-8H,1-2H3,(H,25,26). The van der Waals surface area contributed by atoms with E-state index in [9.17, 15) is 14.4 Å². The monoisotopic (exact) mass is 437 g/mol. The zero-order valence-electron chi connectivity index (χ0n) is 15.0. The average molecular weight is 438 g/mol. The number of carbonyl (C=O) groups is 2. The van der Waals surface area contributed by atoms with Gasteiger partial charge in [-0.05, 0) is 34.7 Å². The van der Waals surface area contributed by atoms with Gasteiger partial charge >= 0.3 is 17.7 Å². The number of ether oxygens (including phenoxy) is 1. The van der Waals surface area contributed by atoms with E-state index in [0.29, 0.717) is 4.68 Å². The molecule has 0 aliphatic rings. The second kappa shape index (κ2) is 7.94. The van der Waals surface area contributed by atoms with Gasteiger partial charge < -0.3 is 9.84 Å². The predicted molar refractivity (Wildman–Crippen MR) is 105 cm³/mol. The average Bonchev–Trinajstić information content (AvgIpc) is 3.07. The van der Waals surface area contributed by atoms with E-state index in [1.165, 1.54) is 44.5 Å². The van der Waals surface area contributed by atoms with Crippen molar-refractivity contribution in [2.24, 2.45) is 0 Å². The number of para-hydroxylation sites is 1. The van der Waals surface area contributed by atoms with Crippen LogP contribution in [0.2, 0.25) is 10.0 Å². The van der Waals surface area contributed by atoms with Crippen LogP contribution >= 0.6 is 23.2 Å². The summed E-state index contributed by atoms with van der Waals surface area (Å²) in [5.41, 5.74) is -0.594. The number of hydrogen-bond donors (Lipinski definition) is 1. The van der Waals surface area contributed by atoms with Gasteiger partial charge in [0.25, 0.3) is 0 Å². The molecule has 0 spiro atoms. The number of rotatable bonds is 4. The van der Waals surface area contributed by atoms with Crippen LogP contribution in [0.4, 0.5) is 10.5 Å². The fraction of sp³-hybridized carbons (Fsp3) is 0.118. The second-order valence-corrected chi connectivity index (χ2v) is 6.50. The molecule has 0 bridgehead atoms. The fourth-order valence-electron chi connectivity index (χ4n) is 2.52.